The molecule has 0 bridgehead atoms. The molecule has 7 heteroatoms. The van der Waals surface area contributed by atoms with Crippen LogP contribution in [0.5, 0.6) is 0 Å². The first-order valence-corrected chi connectivity index (χ1v) is 6.88. The molecular formula is C9H16FNO4S. The van der Waals surface area contributed by atoms with Crippen molar-refractivity contribution in [2.75, 3.05) is 19.0 Å². The van der Waals surface area contributed by atoms with Crippen molar-refractivity contribution in [1.29, 1.82) is 0 Å². The van der Waals surface area contributed by atoms with E-state index in [0.717, 1.165) is 4.31 Å². The third kappa shape index (κ3) is 3.15. The average Bonchev–Trinajstić information content (AvgIpc) is 2.26. The summed E-state index contributed by atoms with van der Waals surface area (Å²) in [6.45, 7) is -0.476. The largest absolute Gasteiger partial charge is 0.480 e. The molecule has 0 aliphatic carbocycles. The molecule has 1 N–H and O–H groups in total. The lowest BCUT2D eigenvalue weighted by molar-refractivity contribution is -0.142. The van der Waals surface area contributed by atoms with Gasteiger partial charge >= 0.3 is 5.97 Å². The first kappa shape index (κ1) is 13.4. The Morgan fingerprint density at radius 1 is 1.44 bits per heavy atom. The van der Waals surface area contributed by atoms with E-state index in [4.69, 9.17) is 5.11 Å². The summed E-state index contributed by atoms with van der Waals surface area (Å²) in [5.41, 5.74) is 0. The molecule has 5 nitrogen and oxygen atoms in total. The van der Waals surface area contributed by atoms with Crippen LogP contribution in [0.2, 0.25) is 0 Å². The molecule has 1 saturated heterocycles. The van der Waals surface area contributed by atoms with Gasteiger partial charge in [-0.15, -0.1) is 0 Å². The van der Waals surface area contributed by atoms with Crippen LogP contribution in [-0.4, -0.2) is 48.8 Å². The Morgan fingerprint density at radius 2 is 2.12 bits per heavy atom. The molecule has 1 fully saturated rings. The number of hydrogen-bond acceptors (Lipinski definition) is 3. The number of alkyl halides is 1. The number of sulfonamides is 1. The van der Waals surface area contributed by atoms with Crippen LogP contribution in [0.25, 0.3) is 0 Å². The number of piperidine rings is 1. The lowest BCUT2D eigenvalue weighted by atomic mass is 10.1. The molecule has 0 aromatic rings. The fourth-order valence-corrected chi connectivity index (χ4v) is 3.54. The summed E-state index contributed by atoms with van der Waals surface area (Å²) in [5, 5.41) is 8.92. The first-order valence-electron chi connectivity index (χ1n) is 5.27. The van der Waals surface area contributed by atoms with E-state index in [0.29, 0.717) is 19.3 Å². The zero-order valence-electron chi connectivity index (χ0n) is 8.93. The number of carboxylic acids is 1. The predicted octanol–water partition coefficient (Wildman–Crippen LogP) is 0.615. The molecule has 16 heavy (non-hydrogen) atoms. The third-order valence-corrected chi connectivity index (χ3v) is 4.59. The van der Waals surface area contributed by atoms with Gasteiger partial charge in [0.1, 0.15) is 6.04 Å². The van der Waals surface area contributed by atoms with Gasteiger partial charge in [0, 0.05) is 6.54 Å². The van der Waals surface area contributed by atoms with Crippen LogP contribution >= 0.6 is 0 Å². The molecule has 0 spiro atoms. The maximum Gasteiger partial charge on any atom is 0.322 e. The number of carboxylic acid groups (broad SMARTS) is 1. The van der Waals surface area contributed by atoms with E-state index in [2.05, 4.69) is 0 Å². The van der Waals surface area contributed by atoms with Crippen molar-refractivity contribution < 1.29 is 22.7 Å². The van der Waals surface area contributed by atoms with Gasteiger partial charge in [-0.05, 0) is 25.7 Å². The van der Waals surface area contributed by atoms with Gasteiger partial charge in [-0.1, -0.05) is 0 Å². The minimum absolute atomic E-state index is 0.0782. The lowest BCUT2D eigenvalue weighted by Gasteiger charge is -2.31. The number of carbonyl (C=O) groups is 1. The van der Waals surface area contributed by atoms with Gasteiger partial charge < -0.3 is 5.11 Å². The van der Waals surface area contributed by atoms with Gasteiger partial charge in [0.05, 0.1) is 12.4 Å². The van der Waals surface area contributed by atoms with E-state index < -0.39 is 28.7 Å². The van der Waals surface area contributed by atoms with Crippen LogP contribution in [0.3, 0.4) is 0 Å². The van der Waals surface area contributed by atoms with Crippen LogP contribution in [0.15, 0.2) is 0 Å². The second-order valence-electron chi connectivity index (χ2n) is 3.82. The quantitative estimate of drug-likeness (QED) is 0.779. The molecule has 1 aliphatic heterocycles. The Hall–Kier alpha value is -0.690. The lowest BCUT2D eigenvalue weighted by Crippen LogP contribution is -2.48. The van der Waals surface area contributed by atoms with E-state index in [1.165, 1.54) is 0 Å². The summed E-state index contributed by atoms with van der Waals surface area (Å²) >= 11 is 0. The first-order chi connectivity index (χ1) is 7.49. The summed E-state index contributed by atoms with van der Waals surface area (Å²) in [5.74, 6) is -1.43. The maximum absolute atomic E-state index is 11.9. The van der Waals surface area contributed by atoms with Gasteiger partial charge in [-0.3, -0.25) is 9.18 Å². The number of nitrogens with zero attached hydrogens (tertiary/aromatic N) is 1. The molecule has 1 aliphatic rings. The van der Waals surface area contributed by atoms with Crippen LogP contribution < -0.4 is 0 Å². The van der Waals surface area contributed by atoms with E-state index in [-0.39, 0.29) is 18.7 Å². The fraction of sp³-hybridized carbons (Fsp3) is 0.889. The number of halogens is 1. The second-order valence-corrected chi connectivity index (χ2v) is 5.86. The molecule has 0 saturated carbocycles. The highest BCUT2D eigenvalue weighted by Gasteiger charge is 2.36. The minimum atomic E-state index is -3.63. The van der Waals surface area contributed by atoms with Crippen LogP contribution in [0, 0.1) is 0 Å². The van der Waals surface area contributed by atoms with Crippen molar-refractivity contribution in [3.05, 3.63) is 0 Å². The SMILES string of the molecule is O=C(O)C1CCCCN1S(=O)(=O)CCCF. The summed E-state index contributed by atoms with van der Waals surface area (Å²) in [6.07, 6.45) is 1.64. The maximum atomic E-state index is 11.9. The molecule has 0 aromatic carbocycles. The van der Waals surface area contributed by atoms with Gasteiger partial charge in [-0.2, -0.15) is 4.31 Å². The highest BCUT2D eigenvalue weighted by Crippen LogP contribution is 2.21. The summed E-state index contributed by atoms with van der Waals surface area (Å²) in [6, 6.07) is -0.974. The minimum Gasteiger partial charge on any atom is -0.480 e. The summed E-state index contributed by atoms with van der Waals surface area (Å²) in [4.78, 5) is 10.9. The fourth-order valence-electron chi connectivity index (χ4n) is 1.84. The summed E-state index contributed by atoms with van der Waals surface area (Å²) in [7, 11) is -3.63. The van der Waals surface area contributed by atoms with Gasteiger partial charge in [0.25, 0.3) is 0 Å². The Labute approximate surface area is 94.3 Å². The normalized spacial score (nSPS) is 23.2. The second kappa shape index (κ2) is 5.58. The average molecular weight is 253 g/mol. The molecule has 1 rings (SSSR count). The van der Waals surface area contributed by atoms with Crippen LogP contribution in [0.4, 0.5) is 4.39 Å². The van der Waals surface area contributed by atoms with Crippen LogP contribution in [-0.2, 0) is 14.8 Å². The van der Waals surface area contributed by atoms with Crippen molar-refractivity contribution >= 4 is 16.0 Å². The van der Waals surface area contributed by atoms with Crippen LogP contribution in [0.1, 0.15) is 25.7 Å². The van der Waals surface area contributed by atoms with Gasteiger partial charge in [0.15, 0.2) is 0 Å². The van der Waals surface area contributed by atoms with E-state index in [9.17, 15) is 17.6 Å². The Balaban J connectivity index is 2.78. The van der Waals surface area contributed by atoms with E-state index in [1.54, 1.807) is 0 Å². The molecular weight excluding hydrogens is 237 g/mol. The van der Waals surface area contributed by atoms with E-state index in [1.807, 2.05) is 0 Å². The van der Waals surface area contributed by atoms with Crippen molar-refractivity contribution in [3.63, 3.8) is 0 Å². The molecule has 1 unspecified atom stereocenters. The standard InChI is InChI=1S/C9H16FNO4S/c10-5-3-7-16(14,15)11-6-2-1-4-8(11)9(12)13/h8H,1-7H2,(H,12,13). The van der Waals surface area contributed by atoms with Crippen molar-refractivity contribution in [3.8, 4) is 0 Å². The molecule has 94 valence electrons. The Kier molecular flexibility index (Phi) is 4.67. The highest BCUT2D eigenvalue weighted by molar-refractivity contribution is 7.89. The van der Waals surface area contributed by atoms with Crippen molar-refractivity contribution in [2.24, 2.45) is 0 Å². The van der Waals surface area contributed by atoms with E-state index >= 15 is 0 Å². The molecule has 1 atom stereocenters. The van der Waals surface area contributed by atoms with Gasteiger partial charge in [0.2, 0.25) is 10.0 Å². The summed E-state index contributed by atoms with van der Waals surface area (Å²) < 4.78 is 36.5. The number of rotatable bonds is 5. The number of hydrogen-bond donors (Lipinski definition) is 1. The van der Waals surface area contributed by atoms with Gasteiger partial charge in [-0.25, -0.2) is 8.42 Å². The molecule has 1 heterocycles. The predicted molar refractivity (Wildman–Crippen MR) is 56.4 cm³/mol. The monoisotopic (exact) mass is 253 g/mol. The number of aliphatic carboxylic acids is 1. The molecule has 0 radical (unpaired) electrons. The highest BCUT2D eigenvalue weighted by atomic mass is 32.2. The smallest absolute Gasteiger partial charge is 0.322 e. The zero-order valence-corrected chi connectivity index (χ0v) is 9.75. The zero-order chi connectivity index (χ0) is 12.2. The van der Waals surface area contributed by atoms with Crippen molar-refractivity contribution in [2.45, 2.75) is 31.7 Å². The molecule has 0 aromatic heterocycles. The Morgan fingerprint density at radius 3 is 2.69 bits per heavy atom. The van der Waals surface area contributed by atoms with Crippen molar-refractivity contribution in [1.82, 2.24) is 4.31 Å². The Bertz CT molecular complexity index is 343. The third-order valence-electron chi connectivity index (χ3n) is 2.63. The molecule has 0 amide bonds. The topological polar surface area (TPSA) is 74.7 Å².